The lowest BCUT2D eigenvalue weighted by Gasteiger charge is -2.32. The molecular formula is C44H77N13O13. The number of nitrogens with two attached hydrogens (primary N) is 4. The molecular weight excluding hydrogens is 919 g/mol. The third-order valence-electron chi connectivity index (χ3n) is 11.3. The number of likely N-dealkylation sites (tertiary alicyclic amines) is 1. The summed E-state index contributed by atoms with van der Waals surface area (Å²) in [6.45, 7) is 13.0. The first-order chi connectivity index (χ1) is 32.6. The van der Waals surface area contributed by atoms with Crippen LogP contribution < -0.4 is 60.2 Å². The number of carboxylic acid groups (broad SMARTS) is 2. The number of amides is 9. The predicted octanol–water partition coefficient (Wildman–Crippen LogP) is -3.39. The fourth-order valence-corrected chi connectivity index (χ4v) is 7.23. The minimum atomic E-state index is -1.48. The number of aliphatic carboxylic acids is 2. The fourth-order valence-electron chi connectivity index (χ4n) is 7.23. The normalized spacial score (nSPS) is 16.4. The first kappa shape index (κ1) is 61.4. The fraction of sp³-hybridized carbons (Fsp3) is 0.727. The van der Waals surface area contributed by atoms with Gasteiger partial charge in [0.25, 0.3) is 0 Å². The highest BCUT2D eigenvalue weighted by Gasteiger charge is 2.41. The van der Waals surface area contributed by atoms with Crippen molar-refractivity contribution in [2.24, 2.45) is 51.6 Å². The van der Waals surface area contributed by atoms with Gasteiger partial charge in [0.1, 0.15) is 42.3 Å². The molecule has 70 heavy (non-hydrogen) atoms. The highest BCUT2D eigenvalue weighted by molar-refractivity contribution is 5.98. The molecule has 1 fully saturated rings. The molecule has 1 aliphatic rings. The van der Waals surface area contributed by atoms with Crippen LogP contribution in [0.2, 0.25) is 0 Å². The van der Waals surface area contributed by atoms with Gasteiger partial charge in [-0.2, -0.15) is 0 Å². The molecule has 0 aromatic carbocycles. The maximum absolute atomic E-state index is 14.0. The van der Waals surface area contributed by atoms with Crippen LogP contribution in [0.5, 0.6) is 0 Å². The van der Waals surface area contributed by atoms with Crippen molar-refractivity contribution in [1.29, 1.82) is 0 Å². The minimum Gasteiger partial charge on any atom is -0.481 e. The first-order valence-corrected chi connectivity index (χ1v) is 23.5. The molecule has 0 aromatic heterocycles. The van der Waals surface area contributed by atoms with E-state index in [4.69, 9.17) is 22.9 Å². The smallest absolute Gasteiger partial charge is 0.326 e. The minimum absolute atomic E-state index is 0.0150. The molecule has 0 aliphatic carbocycles. The Bertz CT molecular complexity index is 1890. The predicted molar refractivity (Wildman–Crippen MR) is 254 cm³/mol. The highest BCUT2D eigenvalue weighted by Crippen LogP contribution is 2.21. The maximum Gasteiger partial charge on any atom is 0.326 e. The Labute approximate surface area is 408 Å². The van der Waals surface area contributed by atoms with Crippen LogP contribution in [0.1, 0.15) is 113 Å². The van der Waals surface area contributed by atoms with Crippen LogP contribution in [0.4, 0.5) is 0 Å². The quantitative estimate of drug-likeness (QED) is 0.0183. The summed E-state index contributed by atoms with van der Waals surface area (Å²) < 4.78 is 0. The number of nitrogens with one attached hydrogen (secondary N) is 7. The average molecular weight is 996 g/mol. The number of carboxylic acids is 2. The molecule has 17 N–H and O–H groups in total. The second kappa shape index (κ2) is 30.1. The molecule has 1 aliphatic heterocycles. The van der Waals surface area contributed by atoms with Gasteiger partial charge in [-0.25, -0.2) is 4.79 Å². The van der Waals surface area contributed by atoms with E-state index >= 15 is 0 Å². The van der Waals surface area contributed by atoms with Crippen molar-refractivity contribution in [2.45, 2.75) is 162 Å². The van der Waals surface area contributed by atoms with Gasteiger partial charge in [0, 0.05) is 25.9 Å². The summed E-state index contributed by atoms with van der Waals surface area (Å²) in [7, 11) is 0. The van der Waals surface area contributed by atoms with Crippen LogP contribution in [0.3, 0.4) is 0 Å². The van der Waals surface area contributed by atoms with Crippen molar-refractivity contribution in [3.05, 3.63) is 0 Å². The topological polar surface area (TPSA) is 432 Å². The molecule has 8 atom stereocenters. The van der Waals surface area contributed by atoms with E-state index in [1.54, 1.807) is 55.4 Å². The Balaban J connectivity index is 3.16. The van der Waals surface area contributed by atoms with Crippen molar-refractivity contribution in [3.63, 3.8) is 0 Å². The van der Waals surface area contributed by atoms with Gasteiger partial charge in [0.2, 0.25) is 53.2 Å². The number of rotatable bonds is 31. The van der Waals surface area contributed by atoms with Crippen molar-refractivity contribution in [2.75, 3.05) is 19.6 Å². The number of carbonyl (C=O) groups excluding carboxylic acids is 9. The van der Waals surface area contributed by atoms with E-state index in [9.17, 15) is 63.0 Å². The van der Waals surface area contributed by atoms with Gasteiger partial charge in [-0.1, -0.05) is 55.4 Å². The zero-order chi connectivity index (χ0) is 53.6. The summed E-state index contributed by atoms with van der Waals surface area (Å²) >= 11 is 0. The highest BCUT2D eigenvalue weighted by atomic mass is 16.4. The number of nitrogens with zero attached hydrogens (tertiary/aromatic N) is 2. The largest absolute Gasteiger partial charge is 0.481 e. The third-order valence-corrected chi connectivity index (χ3v) is 11.3. The molecule has 0 saturated carbocycles. The Morgan fingerprint density at radius 1 is 0.629 bits per heavy atom. The van der Waals surface area contributed by atoms with Crippen LogP contribution in [0, 0.1) is 23.7 Å². The molecule has 8 unspecified atom stereocenters. The van der Waals surface area contributed by atoms with Gasteiger partial charge < -0.3 is 75.3 Å². The molecule has 1 heterocycles. The van der Waals surface area contributed by atoms with E-state index in [1.165, 1.54) is 4.90 Å². The van der Waals surface area contributed by atoms with Crippen LogP contribution in [0.25, 0.3) is 0 Å². The number of primary amides is 1. The molecule has 0 aromatic rings. The molecule has 396 valence electrons. The van der Waals surface area contributed by atoms with E-state index in [-0.39, 0.29) is 75.8 Å². The SMILES string of the molecule is CC(C)CC(NC(=O)C(CCC(=O)O)NC(=O)C(N)C(C)C)C(=O)NC(CCC(N)=O)C(=O)NCC(=O)NC(C(=O)NC(C(=O)N1CCCC1C(=O)NC(CCCN=C(N)N)C(=O)O)C(C)C)C(C)C. The summed E-state index contributed by atoms with van der Waals surface area (Å²) in [5, 5.41) is 36.5. The van der Waals surface area contributed by atoms with Crippen molar-refractivity contribution in [1.82, 2.24) is 42.1 Å². The lowest BCUT2D eigenvalue weighted by Crippen LogP contribution is -2.60. The second-order valence-electron chi connectivity index (χ2n) is 18.8. The van der Waals surface area contributed by atoms with E-state index in [0.29, 0.717) is 6.42 Å². The second-order valence-corrected chi connectivity index (χ2v) is 18.8. The van der Waals surface area contributed by atoms with Crippen molar-refractivity contribution in [3.8, 4) is 0 Å². The zero-order valence-electron chi connectivity index (χ0n) is 41.5. The van der Waals surface area contributed by atoms with E-state index in [0.717, 1.165) is 0 Å². The molecule has 1 rings (SSSR count). The molecule has 1 saturated heterocycles. The Kier molecular flexibility index (Phi) is 26.4. The van der Waals surface area contributed by atoms with Crippen LogP contribution in [-0.4, -0.2) is 154 Å². The molecule has 0 spiro atoms. The number of aliphatic imine (C=N–C) groups is 1. The number of guanidine groups is 1. The Morgan fingerprint density at radius 2 is 1.19 bits per heavy atom. The van der Waals surface area contributed by atoms with Crippen molar-refractivity contribution < 1.29 is 63.0 Å². The first-order valence-electron chi connectivity index (χ1n) is 23.5. The van der Waals surface area contributed by atoms with Gasteiger partial charge in [-0.15, -0.1) is 0 Å². The average Bonchev–Trinajstić information content (AvgIpc) is 3.76. The van der Waals surface area contributed by atoms with Crippen LogP contribution in [0.15, 0.2) is 4.99 Å². The van der Waals surface area contributed by atoms with Gasteiger partial charge in [-0.05, 0) is 68.6 Å². The Morgan fingerprint density at radius 3 is 1.71 bits per heavy atom. The summed E-state index contributed by atoms with van der Waals surface area (Å²) in [5.74, 6) is -11.5. The van der Waals surface area contributed by atoms with E-state index in [2.05, 4.69) is 42.2 Å². The number of hydrogen-bond donors (Lipinski definition) is 13. The number of hydrogen-bond acceptors (Lipinski definition) is 13. The maximum atomic E-state index is 14.0. The molecule has 0 radical (unpaired) electrons. The monoisotopic (exact) mass is 996 g/mol. The van der Waals surface area contributed by atoms with Crippen LogP contribution >= 0.6 is 0 Å². The summed E-state index contributed by atoms with van der Waals surface area (Å²) in [4.78, 5) is 148. The summed E-state index contributed by atoms with van der Waals surface area (Å²) in [5.41, 5.74) is 21.9. The molecule has 26 heteroatoms. The standard InChI is InChI=1S/C44H77N13O13/c1-21(2)19-28(54-37(63)26(14-16-32(60)61)52-40(66)33(46)22(3)4)38(64)51-25(13-15-30(45)58)36(62)50-20-31(59)55-34(23(5)6)41(67)56-35(24(7)8)42(68)57-18-10-12-29(57)39(65)53-27(43(69)70)11-9-17-49-44(47)48/h21-29,33-35H,9-20,46H2,1-8H3,(H2,45,58)(H,50,62)(H,51,64)(H,52,66)(H,53,65)(H,54,63)(H,55,59)(H,56,67)(H,60,61)(H,69,70)(H4,47,48,49). The van der Waals surface area contributed by atoms with Crippen LogP contribution in [-0.2, 0) is 52.7 Å². The summed E-state index contributed by atoms with van der Waals surface area (Å²) in [6, 6.07) is -9.95. The van der Waals surface area contributed by atoms with Gasteiger partial charge in [0.15, 0.2) is 5.96 Å². The zero-order valence-corrected chi connectivity index (χ0v) is 41.5. The van der Waals surface area contributed by atoms with Gasteiger partial charge in [0.05, 0.1) is 12.6 Å². The van der Waals surface area contributed by atoms with Gasteiger partial charge >= 0.3 is 11.9 Å². The van der Waals surface area contributed by atoms with E-state index in [1.807, 2.05) is 0 Å². The lowest BCUT2D eigenvalue weighted by molar-refractivity contribution is -0.145. The number of carbonyl (C=O) groups is 11. The third kappa shape index (κ3) is 21.8. The molecule has 0 bridgehead atoms. The Hall–Kier alpha value is -6.60. The van der Waals surface area contributed by atoms with Crippen molar-refractivity contribution >= 4 is 71.1 Å². The lowest BCUT2D eigenvalue weighted by atomic mass is 9.99. The van der Waals surface area contributed by atoms with Gasteiger partial charge in [-0.3, -0.25) is 52.9 Å². The molecule has 9 amide bonds. The van der Waals surface area contributed by atoms with E-state index < -0.39 is 138 Å². The summed E-state index contributed by atoms with van der Waals surface area (Å²) in [6.07, 6.45) is -0.612. The molecule has 26 nitrogen and oxygen atoms in total.